The summed E-state index contributed by atoms with van der Waals surface area (Å²) in [7, 11) is -2.81. The predicted molar refractivity (Wildman–Crippen MR) is 281 cm³/mol. The van der Waals surface area contributed by atoms with Crippen LogP contribution in [0.3, 0.4) is 0 Å². The van der Waals surface area contributed by atoms with Crippen molar-refractivity contribution in [3.05, 3.63) is 242 Å². The number of hydrogen-bond donors (Lipinski definition) is 0. The van der Waals surface area contributed by atoms with Crippen LogP contribution in [0.4, 0.5) is 0 Å². The van der Waals surface area contributed by atoms with Gasteiger partial charge >= 0.3 is 0 Å². The maximum atomic E-state index is 2.56. The van der Waals surface area contributed by atoms with Gasteiger partial charge in [-0.3, -0.25) is 0 Å². The Morgan fingerprint density at radius 1 is 0.308 bits per heavy atom. The zero-order valence-electron chi connectivity index (χ0n) is 36.3. The summed E-state index contributed by atoms with van der Waals surface area (Å²) in [6, 6.07) is 86.8. The lowest BCUT2D eigenvalue weighted by atomic mass is 9.97. The number of rotatable bonds is 5. The molecule has 0 saturated carbocycles. The second-order valence-corrected chi connectivity index (χ2v) is 21.5. The molecule has 0 unspecified atom stereocenters. The molecule has 0 radical (unpaired) electrons. The Labute approximate surface area is 378 Å². The van der Waals surface area contributed by atoms with Gasteiger partial charge in [0.2, 0.25) is 0 Å². The first-order valence-corrected chi connectivity index (χ1v) is 24.7. The van der Waals surface area contributed by atoms with Crippen molar-refractivity contribution in [3.63, 3.8) is 0 Å². The Balaban J connectivity index is 1.20. The molecule has 10 aromatic carbocycles. The molecule has 0 fully saturated rings. The molecule has 0 amide bonds. The van der Waals surface area contributed by atoms with Crippen molar-refractivity contribution in [2.75, 3.05) is 0 Å². The number of aromatic nitrogens is 2. The molecule has 3 aromatic heterocycles. The van der Waals surface area contributed by atoms with Crippen molar-refractivity contribution >= 4 is 110 Å². The van der Waals surface area contributed by atoms with E-state index in [2.05, 4.69) is 253 Å². The molecule has 0 aliphatic carbocycles. The minimum atomic E-state index is -2.81. The normalized spacial score (nSPS) is 12.2. The first-order valence-electron chi connectivity index (χ1n) is 22.7. The fourth-order valence-corrected chi connectivity index (χ4v) is 16.4. The van der Waals surface area contributed by atoms with Crippen LogP contribution >= 0.6 is 0 Å². The van der Waals surface area contributed by atoms with Crippen molar-refractivity contribution in [2.45, 2.75) is 13.8 Å². The lowest BCUT2D eigenvalue weighted by Crippen LogP contribution is -2.74. The SMILES string of the molecule is Cc1cccc([Si](c2ccccc2)(c2ccccc2)c2ccc3c(c2)c2ccccc2n3-c2cc3c4ccccc4n4c5ccccc5c5ccccc5c5ccccc5c(c2C)c34)c1. The highest BCUT2D eigenvalue weighted by Crippen LogP contribution is 2.43. The highest BCUT2D eigenvalue weighted by atomic mass is 28.3. The third kappa shape index (κ3) is 5.40. The summed E-state index contributed by atoms with van der Waals surface area (Å²) in [5.41, 5.74) is 9.75. The number of aryl methyl sites for hydroxylation is 2. The standard InChI is InChI=1S/C62H44N2Si/c1-41-20-19-25-45(38-41)65(43-21-5-3-6-22-43,44-23-7-4-8-24-44)46-36-37-59-54(39-46)51-30-14-16-33-56(51)63(59)60-40-55-52-31-15-18-35-58(52)64-57-34-17-13-29-50(57)48-27-10-9-26-47(48)49-28-11-12-32-53(49)61(42(60)2)62(55)64/h3-40H,1-2H3. The first kappa shape index (κ1) is 37.6. The van der Waals surface area contributed by atoms with E-state index in [4.69, 9.17) is 0 Å². The monoisotopic (exact) mass is 844 g/mol. The van der Waals surface area contributed by atoms with E-state index in [1.54, 1.807) is 0 Å². The van der Waals surface area contributed by atoms with Crippen LogP contribution in [-0.2, 0) is 0 Å². The average Bonchev–Trinajstić information content (AvgIpc) is 3.88. The molecule has 0 bridgehead atoms. The molecule has 2 nitrogen and oxygen atoms in total. The van der Waals surface area contributed by atoms with Gasteiger partial charge in [-0.2, -0.15) is 0 Å². The van der Waals surface area contributed by atoms with Gasteiger partial charge in [0.05, 0.1) is 33.3 Å². The lowest BCUT2D eigenvalue weighted by Gasteiger charge is -2.34. The summed E-state index contributed by atoms with van der Waals surface area (Å²) in [6.45, 7) is 4.58. The molecule has 3 heteroatoms. The van der Waals surface area contributed by atoms with Gasteiger partial charge in [-0.1, -0.05) is 206 Å². The molecular weight excluding hydrogens is 801 g/mol. The van der Waals surface area contributed by atoms with E-state index < -0.39 is 8.07 Å². The third-order valence-electron chi connectivity index (χ3n) is 14.3. The minimum absolute atomic E-state index is 1.19. The van der Waals surface area contributed by atoms with Crippen LogP contribution in [0.2, 0.25) is 0 Å². The minimum Gasteiger partial charge on any atom is -0.309 e. The van der Waals surface area contributed by atoms with Crippen LogP contribution in [0.25, 0.3) is 87.1 Å². The second kappa shape index (κ2) is 14.5. The van der Waals surface area contributed by atoms with Gasteiger partial charge in [0.1, 0.15) is 0 Å². The third-order valence-corrected chi connectivity index (χ3v) is 19.0. The van der Waals surface area contributed by atoms with E-state index >= 15 is 0 Å². The summed E-state index contributed by atoms with van der Waals surface area (Å²) in [4.78, 5) is 0. The Kier molecular flexibility index (Phi) is 8.40. The Hall–Kier alpha value is -7.98. The Morgan fingerprint density at radius 3 is 1.37 bits per heavy atom. The molecular formula is C62H44N2Si. The van der Waals surface area contributed by atoms with Crippen molar-refractivity contribution in [1.82, 2.24) is 8.97 Å². The number of para-hydroxylation sites is 3. The fraction of sp³-hybridized carbons (Fsp3) is 0.0323. The van der Waals surface area contributed by atoms with Gasteiger partial charge in [0.15, 0.2) is 8.07 Å². The van der Waals surface area contributed by atoms with Gasteiger partial charge in [-0.15, -0.1) is 0 Å². The molecule has 306 valence electrons. The maximum absolute atomic E-state index is 2.81. The van der Waals surface area contributed by atoms with Crippen LogP contribution in [0.5, 0.6) is 0 Å². The molecule has 65 heavy (non-hydrogen) atoms. The molecule has 0 aliphatic rings. The van der Waals surface area contributed by atoms with Crippen LogP contribution < -0.4 is 20.7 Å². The molecule has 0 saturated heterocycles. The topological polar surface area (TPSA) is 9.34 Å². The van der Waals surface area contributed by atoms with E-state index in [1.165, 1.54) is 119 Å². The average molecular weight is 845 g/mol. The summed E-state index contributed by atoms with van der Waals surface area (Å²) < 4.78 is 5.11. The van der Waals surface area contributed by atoms with Crippen LogP contribution in [-0.4, -0.2) is 17.0 Å². The molecule has 0 aliphatic heterocycles. The van der Waals surface area contributed by atoms with Crippen molar-refractivity contribution in [3.8, 4) is 5.69 Å². The Morgan fingerprint density at radius 2 is 0.754 bits per heavy atom. The number of benzene rings is 10. The lowest BCUT2D eigenvalue weighted by molar-refractivity contribution is 1.16. The number of hydrogen-bond acceptors (Lipinski definition) is 0. The molecule has 0 N–H and O–H groups in total. The highest BCUT2D eigenvalue weighted by Gasteiger charge is 2.42. The smallest absolute Gasteiger partial charge is 0.179 e. The van der Waals surface area contributed by atoms with Crippen molar-refractivity contribution in [1.29, 1.82) is 0 Å². The van der Waals surface area contributed by atoms with Gasteiger partial charge < -0.3 is 8.97 Å². The predicted octanol–water partition coefficient (Wildman–Crippen LogP) is 13.4. The van der Waals surface area contributed by atoms with Crippen LogP contribution in [0.1, 0.15) is 11.1 Å². The number of nitrogens with zero attached hydrogens (tertiary/aromatic N) is 2. The van der Waals surface area contributed by atoms with E-state index in [9.17, 15) is 0 Å². The van der Waals surface area contributed by atoms with Gasteiger partial charge in [0, 0.05) is 32.3 Å². The Bertz CT molecular complexity index is 4040. The van der Waals surface area contributed by atoms with E-state index in [0.717, 1.165) is 0 Å². The summed E-state index contributed by atoms with van der Waals surface area (Å²) in [6.07, 6.45) is 0. The van der Waals surface area contributed by atoms with Crippen molar-refractivity contribution in [2.24, 2.45) is 0 Å². The van der Waals surface area contributed by atoms with E-state index in [-0.39, 0.29) is 0 Å². The second-order valence-electron chi connectivity index (χ2n) is 17.7. The van der Waals surface area contributed by atoms with Crippen LogP contribution in [0, 0.1) is 13.8 Å². The van der Waals surface area contributed by atoms with Gasteiger partial charge in [-0.05, 0) is 92.0 Å². The van der Waals surface area contributed by atoms with E-state index in [0.29, 0.717) is 0 Å². The molecule has 0 spiro atoms. The summed E-state index contributed by atoms with van der Waals surface area (Å²) in [5, 5.41) is 18.0. The zero-order chi connectivity index (χ0) is 43.2. The molecule has 0 atom stereocenters. The fourth-order valence-electron chi connectivity index (χ4n) is 11.5. The summed E-state index contributed by atoms with van der Waals surface area (Å²) >= 11 is 0. The quantitative estimate of drug-likeness (QED) is 0.121. The van der Waals surface area contributed by atoms with Crippen molar-refractivity contribution < 1.29 is 0 Å². The molecule has 3 heterocycles. The summed E-state index contributed by atoms with van der Waals surface area (Å²) in [5.74, 6) is 0. The van der Waals surface area contributed by atoms with Crippen LogP contribution in [0.15, 0.2) is 231 Å². The highest BCUT2D eigenvalue weighted by molar-refractivity contribution is 7.20. The maximum Gasteiger partial charge on any atom is 0.179 e. The number of fused-ring (bicyclic) bond motifs is 13. The first-order chi connectivity index (χ1) is 32.1. The largest absolute Gasteiger partial charge is 0.309 e. The zero-order valence-corrected chi connectivity index (χ0v) is 37.3. The molecule has 13 aromatic rings. The van der Waals surface area contributed by atoms with Gasteiger partial charge in [-0.25, -0.2) is 0 Å². The van der Waals surface area contributed by atoms with E-state index in [1.807, 2.05) is 0 Å². The van der Waals surface area contributed by atoms with Gasteiger partial charge in [0.25, 0.3) is 0 Å². The molecule has 13 rings (SSSR count).